The second-order valence-electron chi connectivity index (χ2n) is 10.1. The molecule has 6 nitrogen and oxygen atoms in total. The minimum Gasteiger partial charge on any atom is -0.489 e. The maximum Gasteiger partial charge on any atom is 0.307 e. The molecule has 1 fully saturated rings. The molecule has 0 aliphatic carbocycles. The average molecular weight is 556 g/mol. The van der Waals surface area contributed by atoms with E-state index in [2.05, 4.69) is 30.0 Å². The van der Waals surface area contributed by atoms with Crippen LogP contribution in [0.2, 0.25) is 5.02 Å². The van der Waals surface area contributed by atoms with Crippen molar-refractivity contribution in [1.82, 2.24) is 14.3 Å². The molecule has 0 atom stereocenters. The summed E-state index contributed by atoms with van der Waals surface area (Å²) in [5.74, 6) is 2.00. The molecule has 1 saturated heterocycles. The molecular formula is C30H38ClN3O3S. The molecule has 0 radical (unpaired) electrons. The van der Waals surface area contributed by atoms with E-state index < -0.39 is 0 Å². The summed E-state index contributed by atoms with van der Waals surface area (Å²) < 4.78 is 15.6. The molecule has 0 unspecified atom stereocenters. The van der Waals surface area contributed by atoms with Gasteiger partial charge in [0.2, 0.25) is 0 Å². The Bertz CT molecular complexity index is 1220. The number of carbonyl (C=O) groups is 1. The number of piperidine rings is 1. The number of halogens is 1. The zero-order valence-electron chi connectivity index (χ0n) is 22.8. The van der Waals surface area contributed by atoms with E-state index in [0.717, 1.165) is 67.3 Å². The van der Waals surface area contributed by atoms with Gasteiger partial charge in [0.15, 0.2) is 5.82 Å². The number of rotatable bonds is 11. The SMILES string of the molecule is CCOC(=O)CCN1CCC(Cc2cccc(-c3nsc(-c4ccc(OC(C)C)c(Cl)c4)n3)c2CC)CC1. The lowest BCUT2D eigenvalue weighted by Crippen LogP contribution is -2.36. The van der Waals surface area contributed by atoms with E-state index in [4.69, 9.17) is 30.4 Å². The Morgan fingerprint density at radius 1 is 1.18 bits per heavy atom. The summed E-state index contributed by atoms with van der Waals surface area (Å²) in [5, 5.41) is 1.43. The lowest BCUT2D eigenvalue weighted by Gasteiger charge is -2.32. The van der Waals surface area contributed by atoms with Gasteiger partial charge in [-0.1, -0.05) is 36.7 Å². The van der Waals surface area contributed by atoms with Gasteiger partial charge in [-0.2, -0.15) is 4.37 Å². The molecular weight excluding hydrogens is 518 g/mol. The van der Waals surface area contributed by atoms with Crippen LogP contribution >= 0.6 is 23.1 Å². The number of likely N-dealkylation sites (tertiary alicyclic amines) is 1. The lowest BCUT2D eigenvalue weighted by atomic mass is 9.86. The third-order valence-electron chi connectivity index (χ3n) is 6.99. The average Bonchev–Trinajstić information content (AvgIpc) is 3.39. The highest BCUT2D eigenvalue weighted by molar-refractivity contribution is 7.09. The number of aromatic nitrogens is 2. The van der Waals surface area contributed by atoms with E-state index in [1.807, 2.05) is 39.0 Å². The van der Waals surface area contributed by atoms with Gasteiger partial charge in [-0.15, -0.1) is 0 Å². The Kier molecular flexibility index (Phi) is 10.2. The third kappa shape index (κ3) is 7.33. The van der Waals surface area contributed by atoms with Crippen molar-refractivity contribution < 1.29 is 14.3 Å². The van der Waals surface area contributed by atoms with Gasteiger partial charge in [-0.05, 0) is 106 Å². The molecule has 3 aromatic rings. The van der Waals surface area contributed by atoms with Crippen LogP contribution in [0.5, 0.6) is 5.75 Å². The molecule has 0 bridgehead atoms. The molecule has 0 saturated carbocycles. The minimum atomic E-state index is -0.0990. The molecule has 204 valence electrons. The number of esters is 1. The fourth-order valence-corrected chi connectivity index (χ4v) is 5.99. The topological polar surface area (TPSA) is 64.5 Å². The molecule has 1 aliphatic heterocycles. The monoisotopic (exact) mass is 555 g/mol. The van der Waals surface area contributed by atoms with E-state index in [0.29, 0.717) is 29.7 Å². The van der Waals surface area contributed by atoms with Gasteiger partial charge in [0.25, 0.3) is 0 Å². The highest BCUT2D eigenvalue weighted by atomic mass is 35.5. The first-order valence-electron chi connectivity index (χ1n) is 13.7. The fourth-order valence-electron chi connectivity index (χ4n) is 5.09. The Labute approximate surface area is 235 Å². The molecule has 38 heavy (non-hydrogen) atoms. The molecule has 0 amide bonds. The number of carbonyl (C=O) groups excluding carboxylic acids is 1. The van der Waals surface area contributed by atoms with Crippen molar-refractivity contribution >= 4 is 29.1 Å². The summed E-state index contributed by atoms with van der Waals surface area (Å²) >= 11 is 7.87. The Balaban J connectivity index is 1.43. The molecule has 1 aliphatic rings. The summed E-state index contributed by atoms with van der Waals surface area (Å²) in [6, 6.07) is 12.3. The van der Waals surface area contributed by atoms with Crippen LogP contribution in [-0.2, 0) is 22.4 Å². The van der Waals surface area contributed by atoms with Crippen molar-refractivity contribution in [1.29, 1.82) is 0 Å². The number of hydrogen-bond acceptors (Lipinski definition) is 7. The van der Waals surface area contributed by atoms with Crippen LogP contribution in [0.25, 0.3) is 22.0 Å². The first kappa shape index (κ1) is 28.5. The standard InChI is InChI=1S/C30H38ClN3O3S/c1-5-24-22(18-21-12-15-34(16-13-21)17-14-28(35)36-6-2)8-7-9-25(24)29-32-30(38-33-29)23-10-11-27(26(31)19-23)37-20(3)4/h7-11,19-21H,5-6,12-18H2,1-4H3. The Morgan fingerprint density at radius 2 is 1.97 bits per heavy atom. The van der Waals surface area contributed by atoms with Crippen LogP contribution in [0.1, 0.15) is 58.1 Å². The number of hydrogen-bond donors (Lipinski definition) is 0. The zero-order chi connectivity index (χ0) is 27.1. The molecule has 4 rings (SSSR count). The number of nitrogens with zero attached hydrogens (tertiary/aromatic N) is 3. The molecule has 8 heteroatoms. The maximum absolute atomic E-state index is 11.7. The molecule has 1 aromatic heterocycles. The van der Waals surface area contributed by atoms with Gasteiger partial charge in [-0.25, -0.2) is 4.98 Å². The van der Waals surface area contributed by atoms with Crippen LogP contribution in [0.4, 0.5) is 0 Å². The molecule has 0 N–H and O–H groups in total. The van der Waals surface area contributed by atoms with Crippen LogP contribution in [0.15, 0.2) is 36.4 Å². The fraction of sp³-hybridized carbons (Fsp3) is 0.500. The van der Waals surface area contributed by atoms with Crippen LogP contribution < -0.4 is 4.74 Å². The van der Waals surface area contributed by atoms with E-state index in [1.54, 1.807) is 0 Å². The van der Waals surface area contributed by atoms with Gasteiger partial charge in [-0.3, -0.25) is 4.79 Å². The van der Waals surface area contributed by atoms with Gasteiger partial charge in [0, 0.05) is 17.7 Å². The van der Waals surface area contributed by atoms with Gasteiger partial charge in [0.1, 0.15) is 10.8 Å². The van der Waals surface area contributed by atoms with E-state index >= 15 is 0 Å². The second kappa shape index (κ2) is 13.5. The van der Waals surface area contributed by atoms with Crippen molar-refractivity contribution in [2.24, 2.45) is 5.92 Å². The van der Waals surface area contributed by atoms with Gasteiger partial charge >= 0.3 is 5.97 Å². The van der Waals surface area contributed by atoms with Gasteiger partial charge < -0.3 is 14.4 Å². The highest BCUT2D eigenvalue weighted by Gasteiger charge is 2.22. The van der Waals surface area contributed by atoms with Crippen LogP contribution in [0, 0.1) is 5.92 Å². The quantitative estimate of drug-likeness (QED) is 0.235. The molecule has 2 aromatic carbocycles. The minimum absolute atomic E-state index is 0.0649. The third-order valence-corrected chi connectivity index (χ3v) is 8.05. The largest absolute Gasteiger partial charge is 0.489 e. The summed E-state index contributed by atoms with van der Waals surface area (Å²) in [7, 11) is 0. The van der Waals surface area contributed by atoms with Crippen molar-refractivity contribution in [3.8, 4) is 27.7 Å². The molecule has 2 heterocycles. The van der Waals surface area contributed by atoms with Crippen LogP contribution in [-0.4, -0.2) is 52.6 Å². The van der Waals surface area contributed by atoms with Crippen molar-refractivity contribution in [3.63, 3.8) is 0 Å². The summed E-state index contributed by atoms with van der Waals surface area (Å²) in [5.41, 5.74) is 4.79. The summed E-state index contributed by atoms with van der Waals surface area (Å²) in [6.07, 6.45) is 4.83. The first-order valence-corrected chi connectivity index (χ1v) is 14.8. The summed E-state index contributed by atoms with van der Waals surface area (Å²) in [4.78, 5) is 19.0. The summed E-state index contributed by atoms with van der Waals surface area (Å²) in [6.45, 7) is 11.3. The Morgan fingerprint density at radius 3 is 2.66 bits per heavy atom. The predicted molar refractivity (Wildman–Crippen MR) is 155 cm³/mol. The zero-order valence-corrected chi connectivity index (χ0v) is 24.4. The predicted octanol–water partition coefficient (Wildman–Crippen LogP) is 7.08. The number of benzene rings is 2. The van der Waals surface area contributed by atoms with Crippen LogP contribution in [0.3, 0.4) is 0 Å². The smallest absolute Gasteiger partial charge is 0.307 e. The second-order valence-corrected chi connectivity index (χ2v) is 11.2. The van der Waals surface area contributed by atoms with E-state index in [9.17, 15) is 4.79 Å². The highest BCUT2D eigenvalue weighted by Crippen LogP contribution is 2.35. The first-order chi connectivity index (χ1) is 18.4. The maximum atomic E-state index is 11.7. The number of ether oxygens (including phenoxy) is 2. The van der Waals surface area contributed by atoms with E-state index in [1.165, 1.54) is 22.7 Å². The normalized spacial score (nSPS) is 14.7. The van der Waals surface area contributed by atoms with Crippen molar-refractivity contribution in [3.05, 3.63) is 52.5 Å². The van der Waals surface area contributed by atoms with Crippen molar-refractivity contribution in [2.45, 2.75) is 65.9 Å². The van der Waals surface area contributed by atoms with Gasteiger partial charge in [0.05, 0.1) is 24.2 Å². The van der Waals surface area contributed by atoms with E-state index in [-0.39, 0.29) is 12.1 Å². The molecule has 0 spiro atoms. The lowest BCUT2D eigenvalue weighted by molar-refractivity contribution is -0.143. The van der Waals surface area contributed by atoms with Crippen molar-refractivity contribution in [2.75, 3.05) is 26.2 Å². The Hall–Kier alpha value is -2.48.